The molecule has 1 fully saturated rings. The second-order valence-electron chi connectivity index (χ2n) is 7.25. The third-order valence-corrected chi connectivity index (χ3v) is 5.08. The van der Waals surface area contributed by atoms with Crippen LogP contribution in [0.3, 0.4) is 0 Å². The van der Waals surface area contributed by atoms with Crippen LogP contribution in [-0.4, -0.2) is 57.6 Å². The zero-order valence-electron chi connectivity index (χ0n) is 18.1. The average molecular weight is 408 g/mol. The van der Waals surface area contributed by atoms with Crippen molar-refractivity contribution in [2.75, 3.05) is 40.5 Å². The maximum absolute atomic E-state index is 10.6. The fourth-order valence-corrected chi connectivity index (χ4v) is 3.48. The lowest BCUT2D eigenvalue weighted by atomic mass is 9.98. The summed E-state index contributed by atoms with van der Waals surface area (Å²) in [6.45, 7) is 4.53. The summed E-state index contributed by atoms with van der Waals surface area (Å²) >= 11 is 0. The molecule has 1 aromatic rings. The van der Waals surface area contributed by atoms with Gasteiger partial charge in [-0.1, -0.05) is 19.3 Å². The average Bonchev–Trinajstić information content (AvgIpc) is 2.77. The molecule has 1 aromatic carbocycles. The summed E-state index contributed by atoms with van der Waals surface area (Å²) in [7, 11) is 3.18. The maximum Gasteiger partial charge on any atom is 0.191 e. The molecule has 7 nitrogen and oxygen atoms in total. The van der Waals surface area contributed by atoms with Gasteiger partial charge in [-0.05, 0) is 44.4 Å². The number of guanidine groups is 1. The number of rotatable bonds is 11. The lowest BCUT2D eigenvalue weighted by Gasteiger charge is -2.22. The van der Waals surface area contributed by atoms with Gasteiger partial charge in [-0.3, -0.25) is 4.99 Å². The Bertz CT molecular complexity index is 618. The standard InChI is InChI=1S/C22H37N3O4/c1-4-23-22(24-13-8-14-29-17-9-6-5-7-10-17)25-16-20(26)19-15-18(27-2)11-12-21(19)28-3/h11-12,15,17,20,26H,4-10,13-14,16H2,1-3H3,(H2,23,24,25). The van der Waals surface area contributed by atoms with Gasteiger partial charge < -0.3 is 30.0 Å². The molecule has 164 valence electrons. The number of aliphatic hydroxyl groups excluding tert-OH is 1. The first-order chi connectivity index (χ1) is 14.2. The number of methoxy groups -OCH3 is 2. The van der Waals surface area contributed by atoms with Crippen molar-refractivity contribution < 1.29 is 19.3 Å². The number of ether oxygens (including phenoxy) is 3. The lowest BCUT2D eigenvalue weighted by molar-refractivity contribution is 0.0277. The number of nitrogens with one attached hydrogen (secondary N) is 2. The summed E-state index contributed by atoms with van der Waals surface area (Å²) < 4.78 is 16.6. The van der Waals surface area contributed by atoms with E-state index in [0.29, 0.717) is 29.1 Å². The van der Waals surface area contributed by atoms with E-state index in [2.05, 4.69) is 15.6 Å². The van der Waals surface area contributed by atoms with Crippen LogP contribution in [0.2, 0.25) is 0 Å². The molecule has 3 N–H and O–H groups in total. The normalized spacial score (nSPS) is 16.3. The fourth-order valence-electron chi connectivity index (χ4n) is 3.48. The molecule has 1 atom stereocenters. The van der Waals surface area contributed by atoms with Crippen LogP contribution in [0.1, 0.15) is 57.1 Å². The first kappa shape index (κ1) is 23.3. The molecule has 29 heavy (non-hydrogen) atoms. The van der Waals surface area contributed by atoms with Crippen molar-refractivity contribution in [3.63, 3.8) is 0 Å². The smallest absolute Gasteiger partial charge is 0.191 e. The second-order valence-corrected chi connectivity index (χ2v) is 7.25. The molecule has 0 bridgehead atoms. The molecule has 1 unspecified atom stereocenters. The van der Waals surface area contributed by atoms with Crippen LogP contribution < -0.4 is 20.1 Å². The Kier molecular flexibility index (Phi) is 10.7. The van der Waals surface area contributed by atoms with Gasteiger partial charge in [0.1, 0.15) is 17.6 Å². The van der Waals surface area contributed by atoms with Crippen LogP contribution in [0, 0.1) is 0 Å². The van der Waals surface area contributed by atoms with Gasteiger partial charge in [-0.25, -0.2) is 0 Å². The van der Waals surface area contributed by atoms with Crippen molar-refractivity contribution >= 4 is 5.96 Å². The summed E-state index contributed by atoms with van der Waals surface area (Å²) in [5, 5.41) is 17.1. The van der Waals surface area contributed by atoms with E-state index in [0.717, 1.165) is 26.1 Å². The van der Waals surface area contributed by atoms with Crippen molar-refractivity contribution in [3.05, 3.63) is 23.8 Å². The summed E-state index contributed by atoms with van der Waals surface area (Å²) in [6, 6.07) is 5.37. The van der Waals surface area contributed by atoms with Crippen LogP contribution in [0.25, 0.3) is 0 Å². The Morgan fingerprint density at radius 1 is 1.17 bits per heavy atom. The van der Waals surface area contributed by atoms with Crippen LogP contribution in [0.15, 0.2) is 23.2 Å². The van der Waals surface area contributed by atoms with Crippen molar-refractivity contribution in [2.45, 2.75) is 57.7 Å². The van der Waals surface area contributed by atoms with E-state index in [9.17, 15) is 5.11 Å². The Balaban J connectivity index is 1.81. The van der Waals surface area contributed by atoms with Crippen molar-refractivity contribution in [2.24, 2.45) is 4.99 Å². The minimum Gasteiger partial charge on any atom is -0.497 e. The minimum atomic E-state index is -0.787. The SMILES string of the molecule is CCNC(=NCC(O)c1cc(OC)ccc1OC)NCCCOC1CCCCC1. The minimum absolute atomic E-state index is 0.220. The van der Waals surface area contributed by atoms with E-state index in [1.165, 1.54) is 32.1 Å². The third kappa shape index (κ3) is 8.11. The quantitative estimate of drug-likeness (QED) is 0.297. The number of hydrogen-bond acceptors (Lipinski definition) is 5. The molecule has 1 aliphatic carbocycles. The van der Waals surface area contributed by atoms with E-state index in [1.807, 2.05) is 6.92 Å². The topological polar surface area (TPSA) is 84.3 Å². The zero-order valence-corrected chi connectivity index (χ0v) is 18.1. The first-order valence-electron chi connectivity index (χ1n) is 10.7. The van der Waals surface area contributed by atoms with Crippen molar-refractivity contribution in [1.82, 2.24) is 10.6 Å². The molecule has 0 aliphatic heterocycles. The summed E-state index contributed by atoms with van der Waals surface area (Å²) in [5.41, 5.74) is 0.660. The Labute approximate surface area is 174 Å². The molecule has 1 saturated carbocycles. The lowest BCUT2D eigenvalue weighted by Crippen LogP contribution is -2.38. The Morgan fingerprint density at radius 2 is 1.97 bits per heavy atom. The number of nitrogens with zero attached hydrogens (tertiary/aromatic N) is 1. The molecule has 2 rings (SSSR count). The van der Waals surface area contributed by atoms with Gasteiger partial charge in [0.25, 0.3) is 0 Å². The van der Waals surface area contributed by atoms with Gasteiger partial charge in [0, 0.05) is 25.3 Å². The first-order valence-corrected chi connectivity index (χ1v) is 10.7. The van der Waals surface area contributed by atoms with Gasteiger partial charge in [-0.2, -0.15) is 0 Å². The summed E-state index contributed by atoms with van der Waals surface area (Å²) in [4.78, 5) is 4.52. The molecule has 7 heteroatoms. The van der Waals surface area contributed by atoms with Crippen molar-refractivity contribution in [1.29, 1.82) is 0 Å². The fraction of sp³-hybridized carbons (Fsp3) is 0.682. The van der Waals surface area contributed by atoms with Gasteiger partial charge >= 0.3 is 0 Å². The molecule has 0 amide bonds. The van der Waals surface area contributed by atoms with E-state index in [-0.39, 0.29) is 6.54 Å². The number of aliphatic hydroxyl groups is 1. The van der Waals surface area contributed by atoms with Crippen LogP contribution in [0.4, 0.5) is 0 Å². The molecule has 0 aromatic heterocycles. The van der Waals surface area contributed by atoms with E-state index >= 15 is 0 Å². The predicted octanol–water partition coefficient (Wildman–Crippen LogP) is 3.03. The molecular formula is C22H37N3O4. The number of hydrogen-bond donors (Lipinski definition) is 3. The van der Waals surface area contributed by atoms with Crippen molar-refractivity contribution in [3.8, 4) is 11.5 Å². The van der Waals surface area contributed by atoms with Crippen LogP contribution in [0.5, 0.6) is 11.5 Å². The van der Waals surface area contributed by atoms with Gasteiger partial charge in [0.05, 0.1) is 26.9 Å². The molecule has 0 radical (unpaired) electrons. The van der Waals surface area contributed by atoms with E-state index in [1.54, 1.807) is 32.4 Å². The highest BCUT2D eigenvalue weighted by Gasteiger charge is 2.15. The maximum atomic E-state index is 10.6. The molecule has 0 spiro atoms. The summed E-state index contributed by atoms with van der Waals surface area (Å²) in [5.74, 6) is 1.98. The monoisotopic (exact) mass is 407 g/mol. The van der Waals surface area contributed by atoms with E-state index < -0.39 is 6.10 Å². The molecular weight excluding hydrogens is 370 g/mol. The number of benzene rings is 1. The Hall–Kier alpha value is -1.99. The Morgan fingerprint density at radius 3 is 2.66 bits per heavy atom. The largest absolute Gasteiger partial charge is 0.497 e. The molecule has 0 saturated heterocycles. The predicted molar refractivity (Wildman–Crippen MR) is 116 cm³/mol. The summed E-state index contributed by atoms with van der Waals surface area (Å²) in [6.07, 6.45) is 6.90. The molecule has 1 aliphatic rings. The highest BCUT2D eigenvalue weighted by atomic mass is 16.5. The second kappa shape index (κ2) is 13.3. The van der Waals surface area contributed by atoms with Crippen LogP contribution in [-0.2, 0) is 4.74 Å². The third-order valence-electron chi connectivity index (χ3n) is 5.08. The highest BCUT2D eigenvalue weighted by molar-refractivity contribution is 5.79. The van der Waals surface area contributed by atoms with Crippen LogP contribution >= 0.6 is 0 Å². The number of aliphatic imine (C=N–C) groups is 1. The molecule has 0 heterocycles. The van der Waals surface area contributed by atoms with Gasteiger partial charge in [-0.15, -0.1) is 0 Å². The van der Waals surface area contributed by atoms with Gasteiger partial charge in [0.15, 0.2) is 5.96 Å². The van der Waals surface area contributed by atoms with E-state index in [4.69, 9.17) is 14.2 Å². The van der Waals surface area contributed by atoms with Gasteiger partial charge in [0.2, 0.25) is 0 Å². The zero-order chi connectivity index (χ0) is 20.9. The highest BCUT2D eigenvalue weighted by Crippen LogP contribution is 2.29.